The molecule has 6 atom stereocenters. The van der Waals surface area contributed by atoms with Crippen LogP contribution in [-0.2, 0) is 9.59 Å². The summed E-state index contributed by atoms with van der Waals surface area (Å²) < 4.78 is 0. The van der Waals surface area contributed by atoms with Crippen molar-refractivity contribution in [1.82, 2.24) is 0 Å². The normalized spacial score (nSPS) is 43.8. The van der Waals surface area contributed by atoms with Crippen LogP contribution in [0.25, 0.3) is 0 Å². The number of Topliss-reactive ketones (excluding diaryl/α,β-unsaturated/α-hetero) is 1. The van der Waals surface area contributed by atoms with Crippen molar-refractivity contribution >= 4 is 11.6 Å². The molecule has 0 aromatic heterocycles. The van der Waals surface area contributed by atoms with E-state index in [-0.39, 0.29) is 28.8 Å². The van der Waals surface area contributed by atoms with Gasteiger partial charge in [0.2, 0.25) is 0 Å². The monoisotopic (exact) mass is 400 g/mol. The van der Waals surface area contributed by atoms with Crippen molar-refractivity contribution in [2.45, 2.75) is 97.2 Å². The van der Waals surface area contributed by atoms with Crippen molar-refractivity contribution in [1.29, 1.82) is 0 Å². The van der Waals surface area contributed by atoms with E-state index in [0.717, 1.165) is 63.4 Å². The maximum absolute atomic E-state index is 11.8. The van der Waals surface area contributed by atoms with Crippen molar-refractivity contribution in [3.05, 3.63) is 22.8 Å². The Morgan fingerprint density at radius 3 is 2.41 bits per heavy atom. The molecule has 0 spiro atoms. The minimum atomic E-state index is -0.225. The Balaban J connectivity index is 0.000000150. The van der Waals surface area contributed by atoms with Gasteiger partial charge in [-0.3, -0.25) is 9.59 Å². The van der Waals surface area contributed by atoms with Crippen LogP contribution in [0.2, 0.25) is 0 Å². The van der Waals surface area contributed by atoms with E-state index in [2.05, 4.69) is 13.8 Å². The topological polar surface area (TPSA) is 74.6 Å². The molecule has 0 amide bonds. The molecular formula is C25H36O4. The molecule has 0 radical (unpaired) electrons. The molecule has 0 aromatic rings. The second-order valence-corrected chi connectivity index (χ2v) is 10.5. The molecule has 0 bridgehead atoms. The minimum absolute atomic E-state index is 0.0755. The van der Waals surface area contributed by atoms with Gasteiger partial charge in [-0.2, -0.15) is 0 Å². The summed E-state index contributed by atoms with van der Waals surface area (Å²) in [4.78, 5) is 22.9. The van der Waals surface area contributed by atoms with Crippen LogP contribution in [0.5, 0.6) is 0 Å². The zero-order chi connectivity index (χ0) is 21.0. The highest BCUT2D eigenvalue weighted by atomic mass is 16.3. The van der Waals surface area contributed by atoms with E-state index in [1.54, 1.807) is 6.08 Å². The predicted octanol–water partition coefficient (Wildman–Crippen LogP) is 4.29. The molecule has 0 saturated heterocycles. The Bertz CT molecular complexity index is 778. The van der Waals surface area contributed by atoms with Crippen LogP contribution in [0.1, 0.15) is 85.0 Å². The maximum atomic E-state index is 11.8. The number of carbonyl (C=O) groups excluding carboxylic acids is 2. The molecule has 29 heavy (non-hydrogen) atoms. The molecule has 0 heterocycles. The number of ketones is 2. The van der Waals surface area contributed by atoms with E-state index < -0.39 is 0 Å². The third-order valence-electron chi connectivity index (χ3n) is 9.19. The van der Waals surface area contributed by atoms with Crippen molar-refractivity contribution in [2.75, 3.05) is 0 Å². The van der Waals surface area contributed by atoms with Crippen LogP contribution < -0.4 is 0 Å². The van der Waals surface area contributed by atoms with Gasteiger partial charge in [-0.05, 0) is 87.2 Å². The van der Waals surface area contributed by atoms with Crippen LogP contribution in [-0.4, -0.2) is 34.0 Å². The summed E-state index contributed by atoms with van der Waals surface area (Å²) in [6, 6.07) is 0. The first-order valence-electron chi connectivity index (χ1n) is 11.5. The molecular weight excluding hydrogens is 364 g/mol. The van der Waals surface area contributed by atoms with Gasteiger partial charge in [0.1, 0.15) is 0 Å². The summed E-state index contributed by atoms with van der Waals surface area (Å²) >= 11 is 0. The highest BCUT2D eigenvalue weighted by Crippen LogP contribution is 2.58. The number of hydrogen-bond acceptors (Lipinski definition) is 4. The van der Waals surface area contributed by atoms with E-state index in [1.807, 2.05) is 6.92 Å². The van der Waals surface area contributed by atoms with Gasteiger partial charge in [0, 0.05) is 18.3 Å². The Kier molecular flexibility index (Phi) is 5.40. The van der Waals surface area contributed by atoms with Gasteiger partial charge in [-0.25, -0.2) is 0 Å². The van der Waals surface area contributed by atoms with Gasteiger partial charge in [0.25, 0.3) is 0 Å². The van der Waals surface area contributed by atoms with Gasteiger partial charge in [-0.1, -0.05) is 25.0 Å². The summed E-state index contributed by atoms with van der Waals surface area (Å²) in [6.45, 7) is 6.35. The fourth-order valence-electron chi connectivity index (χ4n) is 6.91. The molecule has 0 aliphatic heterocycles. The lowest BCUT2D eigenvalue weighted by Gasteiger charge is -2.46. The smallest absolute Gasteiger partial charge is 0.158 e. The molecule has 160 valence electrons. The van der Waals surface area contributed by atoms with E-state index in [1.165, 1.54) is 11.1 Å². The second-order valence-electron chi connectivity index (χ2n) is 10.5. The number of hydrogen-bond donors (Lipinski definition) is 2. The highest BCUT2D eigenvalue weighted by molar-refractivity contribution is 5.96. The molecule has 6 unspecified atom stereocenters. The van der Waals surface area contributed by atoms with E-state index in [4.69, 9.17) is 0 Å². The average molecular weight is 401 g/mol. The summed E-state index contributed by atoms with van der Waals surface area (Å²) in [5.41, 5.74) is 3.69. The fraction of sp³-hybridized carbons (Fsp3) is 0.760. The Morgan fingerprint density at radius 2 is 1.66 bits per heavy atom. The van der Waals surface area contributed by atoms with Gasteiger partial charge in [0.15, 0.2) is 11.6 Å². The average Bonchev–Trinajstić information content (AvgIpc) is 3.16. The lowest BCUT2D eigenvalue weighted by atomic mass is 9.58. The quantitative estimate of drug-likeness (QED) is 0.636. The zero-order valence-electron chi connectivity index (χ0n) is 18.2. The second kappa shape index (κ2) is 7.46. The standard InChI is InChI=1S/C15H22O2.C10H14O2/c1-9-10-7-8-15(2)12(4-6-14(15)17)11(10)3-5-13(9)16;1-10-5-4-8(11)6-7(10)2-3-9(10)12/h11-12,14,17H,3-8H2,1-2H3;6,9,12H,2-5H2,1H3. The molecule has 0 aromatic carbocycles. The predicted molar refractivity (Wildman–Crippen MR) is 112 cm³/mol. The number of aliphatic hydroxyl groups is 2. The molecule has 4 heteroatoms. The number of rotatable bonds is 0. The largest absolute Gasteiger partial charge is 0.393 e. The first-order valence-corrected chi connectivity index (χ1v) is 11.5. The van der Waals surface area contributed by atoms with Gasteiger partial charge < -0.3 is 10.2 Å². The Labute approximate surface area is 174 Å². The van der Waals surface area contributed by atoms with Gasteiger partial charge in [0.05, 0.1) is 12.2 Å². The molecule has 5 aliphatic carbocycles. The first-order chi connectivity index (χ1) is 13.7. The lowest BCUT2D eigenvalue weighted by molar-refractivity contribution is -0.117. The van der Waals surface area contributed by atoms with Crippen molar-refractivity contribution in [2.24, 2.45) is 22.7 Å². The number of allylic oxidation sites excluding steroid dienone is 3. The summed E-state index contributed by atoms with van der Waals surface area (Å²) in [6.07, 6.45) is 10.5. The Hall–Kier alpha value is -1.26. The summed E-state index contributed by atoms with van der Waals surface area (Å²) in [5.74, 6) is 1.79. The van der Waals surface area contributed by atoms with E-state index >= 15 is 0 Å². The third-order valence-corrected chi connectivity index (χ3v) is 9.19. The Morgan fingerprint density at radius 1 is 0.897 bits per heavy atom. The van der Waals surface area contributed by atoms with E-state index in [0.29, 0.717) is 24.0 Å². The number of aliphatic hydroxyl groups excluding tert-OH is 2. The van der Waals surface area contributed by atoms with Gasteiger partial charge in [-0.15, -0.1) is 0 Å². The molecule has 3 fully saturated rings. The van der Waals surface area contributed by atoms with Crippen LogP contribution in [0.15, 0.2) is 22.8 Å². The first kappa shape index (κ1) is 21.0. The number of fused-ring (bicyclic) bond motifs is 4. The van der Waals surface area contributed by atoms with Crippen molar-refractivity contribution in [3.63, 3.8) is 0 Å². The van der Waals surface area contributed by atoms with Crippen LogP contribution in [0.3, 0.4) is 0 Å². The summed E-state index contributed by atoms with van der Waals surface area (Å²) in [5, 5.41) is 19.9. The molecule has 5 rings (SSSR count). The van der Waals surface area contributed by atoms with Crippen LogP contribution in [0, 0.1) is 22.7 Å². The SMILES string of the molecule is CC12CCC(=O)C=C1CCC2O.CC1=C2CCC3(C)C(O)CCC3C2CCC1=O. The van der Waals surface area contributed by atoms with Crippen LogP contribution >= 0.6 is 0 Å². The molecule has 3 saturated carbocycles. The van der Waals surface area contributed by atoms with Crippen LogP contribution in [0.4, 0.5) is 0 Å². The van der Waals surface area contributed by atoms with Gasteiger partial charge >= 0.3 is 0 Å². The van der Waals surface area contributed by atoms with Crippen molar-refractivity contribution < 1.29 is 19.8 Å². The highest BCUT2D eigenvalue weighted by Gasteiger charge is 2.53. The molecule has 2 N–H and O–H groups in total. The lowest BCUT2D eigenvalue weighted by Crippen LogP contribution is -2.42. The summed E-state index contributed by atoms with van der Waals surface area (Å²) in [7, 11) is 0. The van der Waals surface area contributed by atoms with E-state index in [9.17, 15) is 19.8 Å². The molecule has 5 aliphatic rings. The van der Waals surface area contributed by atoms with Crippen molar-refractivity contribution in [3.8, 4) is 0 Å². The third kappa shape index (κ3) is 3.37. The number of carbonyl (C=O) groups is 2. The minimum Gasteiger partial charge on any atom is -0.393 e. The fourth-order valence-corrected chi connectivity index (χ4v) is 6.91. The maximum Gasteiger partial charge on any atom is 0.158 e. The zero-order valence-corrected chi connectivity index (χ0v) is 18.2. The molecule has 4 nitrogen and oxygen atoms in total.